The van der Waals surface area contributed by atoms with Crippen LogP contribution in [0.5, 0.6) is 0 Å². The van der Waals surface area contributed by atoms with E-state index in [2.05, 4.69) is 15.3 Å². The van der Waals surface area contributed by atoms with Gasteiger partial charge in [0.2, 0.25) is 5.91 Å². The lowest BCUT2D eigenvalue weighted by Gasteiger charge is -2.37. The molecule has 0 saturated carbocycles. The van der Waals surface area contributed by atoms with Gasteiger partial charge in [-0.2, -0.15) is 0 Å². The van der Waals surface area contributed by atoms with Gasteiger partial charge < -0.3 is 10.2 Å². The normalized spacial score (nSPS) is 14.5. The lowest BCUT2D eigenvalue weighted by atomic mass is 10.00. The van der Waals surface area contributed by atoms with E-state index >= 15 is 0 Å². The third kappa shape index (κ3) is 3.32. The van der Waals surface area contributed by atoms with Gasteiger partial charge in [0.1, 0.15) is 11.3 Å². The average molecular weight is 356 g/mol. The van der Waals surface area contributed by atoms with Crippen LogP contribution < -0.4 is 10.2 Å². The Labute approximate surface area is 148 Å². The summed E-state index contributed by atoms with van der Waals surface area (Å²) in [5, 5.41) is 3.76. The number of amides is 1. The summed E-state index contributed by atoms with van der Waals surface area (Å²) in [6.45, 7) is 1.87. The number of carbonyl (C=O) groups excluding carboxylic acids is 1. The van der Waals surface area contributed by atoms with E-state index in [1.165, 1.54) is 17.4 Å². The summed E-state index contributed by atoms with van der Waals surface area (Å²) in [4.78, 5) is 22.6. The maximum atomic E-state index is 13.7. The van der Waals surface area contributed by atoms with E-state index in [1.54, 1.807) is 18.5 Å². The number of hydrogen-bond donors (Lipinski definition) is 1. The van der Waals surface area contributed by atoms with Crippen molar-refractivity contribution in [3.05, 3.63) is 54.1 Å². The monoisotopic (exact) mass is 356 g/mol. The van der Waals surface area contributed by atoms with Crippen molar-refractivity contribution in [1.82, 2.24) is 15.3 Å². The second-order valence-corrected chi connectivity index (χ2v) is 7.09. The van der Waals surface area contributed by atoms with Crippen LogP contribution in [0.25, 0.3) is 10.2 Å². The number of anilines is 1. The number of halogens is 1. The molecular weight excluding hydrogens is 339 g/mol. The molecule has 3 heterocycles. The second-order valence-electron chi connectivity index (χ2n) is 6.08. The number of nitrogens with zero attached hydrogens (tertiary/aromatic N) is 3. The van der Waals surface area contributed by atoms with Gasteiger partial charge in [0.15, 0.2) is 5.13 Å². The first kappa shape index (κ1) is 16.0. The molecule has 1 aromatic carbocycles. The summed E-state index contributed by atoms with van der Waals surface area (Å²) < 4.78 is 14.6. The summed E-state index contributed by atoms with van der Waals surface area (Å²) in [6, 6.07) is 8.87. The SMILES string of the molecule is O=C(NCCc1ccncc1)C1CN(c2nc3c(F)cccc3s2)C1. The first-order chi connectivity index (χ1) is 12.2. The molecule has 0 spiro atoms. The fourth-order valence-corrected chi connectivity index (χ4v) is 3.86. The number of thiazole rings is 1. The smallest absolute Gasteiger partial charge is 0.226 e. The van der Waals surface area contributed by atoms with Crippen molar-refractivity contribution in [2.75, 3.05) is 24.5 Å². The Balaban J connectivity index is 1.29. The summed E-state index contributed by atoms with van der Waals surface area (Å²) in [6.07, 6.45) is 4.30. The van der Waals surface area contributed by atoms with Crippen LogP contribution in [0.4, 0.5) is 9.52 Å². The number of pyridine rings is 1. The van der Waals surface area contributed by atoms with E-state index in [4.69, 9.17) is 0 Å². The molecule has 1 saturated heterocycles. The van der Waals surface area contributed by atoms with Crippen molar-refractivity contribution < 1.29 is 9.18 Å². The van der Waals surface area contributed by atoms with E-state index in [0.29, 0.717) is 25.2 Å². The first-order valence-corrected chi connectivity index (χ1v) is 8.99. The zero-order valence-corrected chi connectivity index (χ0v) is 14.3. The molecule has 5 nitrogen and oxygen atoms in total. The van der Waals surface area contributed by atoms with Gasteiger partial charge in [0.05, 0.1) is 10.6 Å². The molecule has 0 aliphatic carbocycles. The number of nitrogens with one attached hydrogen (secondary N) is 1. The molecular formula is C18H17FN4OS. The lowest BCUT2D eigenvalue weighted by molar-refractivity contribution is -0.125. The third-order valence-corrected chi connectivity index (χ3v) is 5.42. The Morgan fingerprint density at radius 1 is 1.28 bits per heavy atom. The van der Waals surface area contributed by atoms with Crippen LogP contribution in [-0.2, 0) is 11.2 Å². The van der Waals surface area contributed by atoms with Crippen molar-refractivity contribution in [1.29, 1.82) is 0 Å². The minimum absolute atomic E-state index is 0.0331. The van der Waals surface area contributed by atoms with Crippen LogP contribution >= 0.6 is 11.3 Å². The fourth-order valence-electron chi connectivity index (χ4n) is 2.86. The maximum Gasteiger partial charge on any atom is 0.226 e. The average Bonchev–Trinajstić information content (AvgIpc) is 2.99. The van der Waals surface area contributed by atoms with Crippen molar-refractivity contribution in [3.63, 3.8) is 0 Å². The van der Waals surface area contributed by atoms with Gasteiger partial charge in [0, 0.05) is 32.0 Å². The van der Waals surface area contributed by atoms with Gasteiger partial charge in [-0.25, -0.2) is 9.37 Å². The Kier molecular flexibility index (Phi) is 4.31. The number of aromatic nitrogens is 2. The van der Waals surface area contributed by atoms with Crippen LogP contribution in [0.2, 0.25) is 0 Å². The van der Waals surface area contributed by atoms with Crippen molar-refractivity contribution in [3.8, 4) is 0 Å². The minimum Gasteiger partial charge on any atom is -0.355 e. The van der Waals surface area contributed by atoms with E-state index in [9.17, 15) is 9.18 Å². The van der Waals surface area contributed by atoms with Gasteiger partial charge in [-0.1, -0.05) is 17.4 Å². The molecule has 0 bridgehead atoms. The molecule has 3 aromatic rings. The molecule has 1 fully saturated rings. The molecule has 1 amide bonds. The zero-order chi connectivity index (χ0) is 17.2. The van der Waals surface area contributed by atoms with E-state index in [1.807, 2.05) is 23.1 Å². The van der Waals surface area contributed by atoms with Gasteiger partial charge in [-0.05, 0) is 36.2 Å². The quantitative estimate of drug-likeness (QED) is 0.764. The van der Waals surface area contributed by atoms with Crippen LogP contribution in [0.3, 0.4) is 0 Å². The summed E-state index contributed by atoms with van der Waals surface area (Å²) in [5.74, 6) is -0.266. The highest BCUT2D eigenvalue weighted by atomic mass is 32.1. The Hall–Kier alpha value is -2.54. The van der Waals surface area contributed by atoms with Crippen LogP contribution in [-0.4, -0.2) is 35.5 Å². The van der Waals surface area contributed by atoms with E-state index in [-0.39, 0.29) is 17.6 Å². The summed E-state index contributed by atoms with van der Waals surface area (Å²) in [5.41, 5.74) is 1.56. The standard InChI is InChI=1S/C18H17FN4OS/c19-14-2-1-3-15-16(14)22-18(25-15)23-10-13(11-23)17(24)21-9-6-12-4-7-20-8-5-12/h1-5,7-8,13H,6,9-11H2,(H,21,24). The number of benzene rings is 1. The van der Waals surface area contributed by atoms with Crippen molar-refractivity contribution in [2.24, 2.45) is 5.92 Å². The Bertz CT molecular complexity index is 892. The molecule has 2 aromatic heterocycles. The van der Waals surface area contributed by atoms with Crippen LogP contribution in [0.1, 0.15) is 5.56 Å². The zero-order valence-electron chi connectivity index (χ0n) is 13.5. The lowest BCUT2D eigenvalue weighted by Crippen LogP contribution is -2.54. The molecule has 0 unspecified atom stereocenters. The van der Waals surface area contributed by atoms with Crippen molar-refractivity contribution in [2.45, 2.75) is 6.42 Å². The molecule has 7 heteroatoms. The number of carbonyl (C=O) groups is 1. The third-order valence-electron chi connectivity index (χ3n) is 4.34. The van der Waals surface area contributed by atoms with E-state index in [0.717, 1.165) is 21.8 Å². The van der Waals surface area contributed by atoms with Gasteiger partial charge in [0.25, 0.3) is 0 Å². The molecule has 128 valence electrons. The highest BCUT2D eigenvalue weighted by Gasteiger charge is 2.34. The Morgan fingerprint density at radius 2 is 2.08 bits per heavy atom. The summed E-state index contributed by atoms with van der Waals surface area (Å²) >= 11 is 1.46. The predicted octanol–water partition coefficient (Wildman–Crippen LogP) is 2.63. The summed E-state index contributed by atoms with van der Waals surface area (Å²) in [7, 11) is 0. The highest BCUT2D eigenvalue weighted by Crippen LogP contribution is 2.33. The first-order valence-electron chi connectivity index (χ1n) is 8.17. The van der Waals surface area contributed by atoms with Gasteiger partial charge in [-0.3, -0.25) is 9.78 Å². The maximum absolute atomic E-state index is 13.7. The van der Waals surface area contributed by atoms with Gasteiger partial charge >= 0.3 is 0 Å². The molecule has 4 rings (SSSR count). The molecule has 0 radical (unpaired) electrons. The fraction of sp³-hybridized carbons (Fsp3) is 0.278. The van der Waals surface area contributed by atoms with Crippen LogP contribution in [0.15, 0.2) is 42.7 Å². The minimum atomic E-state index is -0.300. The number of para-hydroxylation sites is 1. The van der Waals surface area contributed by atoms with Crippen molar-refractivity contribution >= 4 is 32.6 Å². The largest absolute Gasteiger partial charge is 0.355 e. The Morgan fingerprint density at radius 3 is 2.84 bits per heavy atom. The number of hydrogen-bond acceptors (Lipinski definition) is 5. The topological polar surface area (TPSA) is 58.1 Å². The molecule has 1 N–H and O–H groups in total. The molecule has 1 aliphatic rings. The second kappa shape index (κ2) is 6.76. The molecule has 1 aliphatic heterocycles. The number of fused-ring (bicyclic) bond motifs is 1. The number of rotatable bonds is 5. The predicted molar refractivity (Wildman–Crippen MR) is 96.2 cm³/mol. The highest BCUT2D eigenvalue weighted by molar-refractivity contribution is 7.22. The van der Waals surface area contributed by atoms with Crippen LogP contribution in [0, 0.1) is 11.7 Å². The molecule has 0 atom stereocenters. The molecule has 25 heavy (non-hydrogen) atoms. The van der Waals surface area contributed by atoms with E-state index < -0.39 is 0 Å². The van der Waals surface area contributed by atoms with Gasteiger partial charge in [-0.15, -0.1) is 0 Å².